The first-order chi connectivity index (χ1) is 10.0. The number of para-hydroxylation sites is 1. The van der Waals surface area contributed by atoms with Gasteiger partial charge in [-0.25, -0.2) is 0 Å². The van der Waals surface area contributed by atoms with Crippen LogP contribution in [0.4, 0.5) is 5.69 Å². The molecule has 6 heteroatoms. The maximum Gasteiger partial charge on any atom is 0.255 e. The summed E-state index contributed by atoms with van der Waals surface area (Å²) in [6, 6.07) is 12.5. The molecule has 0 spiro atoms. The number of nitrogens with one attached hydrogen (secondary N) is 1. The van der Waals surface area contributed by atoms with Gasteiger partial charge in [0.15, 0.2) is 0 Å². The van der Waals surface area contributed by atoms with Crippen molar-refractivity contribution in [2.45, 2.75) is 0 Å². The maximum absolute atomic E-state index is 12.3. The first kappa shape index (κ1) is 15.7. The van der Waals surface area contributed by atoms with E-state index in [0.29, 0.717) is 22.6 Å². The van der Waals surface area contributed by atoms with Crippen LogP contribution in [-0.4, -0.2) is 18.0 Å². The highest BCUT2D eigenvalue weighted by Crippen LogP contribution is 2.28. The van der Waals surface area contributed by atoms with Gasteiger partial charge in [0, 0.05) is 14.7 Å². The van der Waals surface area contributed by atoms with Crippen molar-refractivity contribution in [1.29, 1.82) is 0 Å². The molecule has 0 saturated heterocycles. The Labute approximate surface area is 141 Å². The molecule has 2 rings (SSSR count). The van der Waals surface area contributed by atoms with Gasteiger partial charge in [0.05, 0.1) is 12.8 Å². The fraction of sp³-hybridized carbons (Fsp3) is 0.0667. The van der Waals surface area contributed by atoms with Gasteiger partial charge in [-0.1, -0.05) is 18.3 Å². The number of hydrogen-bond donors (Lipinski definition) is 2. The van der Waals surface area contributed by atoms with Crippen molar-refractivity contribution in [3.8, 4) is 5.75 Å². The van der Waals surface area contributed by atoms with Crippen LogP contribution in [0.25, 0.3) is 0 Å². The SMILES string of the molecule is COc1cccc(C(N)=S)c1NC(=O)c1ccc(I)cc1. The number of methoxy groups -OCH3 is 1. The minimum absolute atomic E-state index is 0.201. The normalized spacial score (nSPS) is 10.0. The van der Waals surface area contributed by atoms with E-state index in [1.807, 2.05) is 12.1 Å². The highest BCUT2D eigenvalue weighted by molar-refractivity contribution is 14.1. The summed E-state index contributed by atoms with van der Waals surface area (Å²) in [5.41, 5.74) is 7.30. The van der Waals surface area contributed by atoms with Gasteiger partial charge in [-0.2, -0.15) is 0 Å². The van der Waals surface area contributed by atoms with Gasteiger partial charge in [-0.15, -0.1) is 0 Å². The van der Waals surface area contributed by atoms with Gasteiger partial charge in [-0.05, 0) is 59.0 Å². The second kappa shape index (κ2) is 6.86. The molecule has 2 aromatic rings. The summed E-state index contributed by atoms with van der Waals surface area (Å²) in [6.07, 6.45) is 0. The fourth-order valence-electron chi connectivity index (χ4n) is 1.82. The molecule has 0 radical (unpaired) electrons. The molecule has 4 nitrogen and oxygen atoms in total. The summed E-state index contributed by atoms with van der Waals surface area (Å²) >= 11 is 7.20. The van der Waals surface area contributed by atoms with Crippen molar-refractivity contribution in [2.24, 2.45) is 5.73 Å². The quantitative estimate of drug-likeness (QED) is 0.598. The number of hydrogen-bond acceptors (Lipinski definition) is 3. The molecular formula is C15H13IN2O2S. The van der Waals surface area contributed by atoms with Crippen LogP contribution in [0.2, 0.25) is 0 Å². The van der Waals surface area contributed by atoms with Crippen molar-refractivity contribution in [1.82, 2.24) is 0 Å². The van der Waals surface area contributed by atoms with Gasteiger partial charge in [0.1, 0.15) is 10.7 Å². The standard InChI is InChI=1S/C15H13IN2O2S/c1-20-12-4-2-3-11(14(17)21)13(12)18-15(19)9-5-7-10(16)8-6-9/h2-8H,1H3,(H2,17,21)(H,18,19). The summed E-state index contributed by atoms with van der Waals surface area (Å²) in [4.78, 5) is 12.5. The van der Waals surface area contributed by atoms with Crippen LogP contribution in [-0.2, 0) is 0 Å². The average Bonchev–Trinajstić information content (AvgIpc) is 2.47. The minimum atomic E-state index is -0.242. The van der Waals surface area contributed by atoms with Crippen LogP contribution >= 0.6 is 34.8 Å². The number of ether oxygens (including phenoxy) is 1. The lowest BCUT2D eigenvalue weighted by Gasteiger charge is -2.14. The van der Waals surface area contributed by atoms with Gasteiger partial charge in [0.2, 0.25) is 0 Å². The first-order valence-electron chi connectivity index (χ1n) is 6.06. The summed E-state index contributed by atoms with van der Waals surface area (Å²) in [6.45, 7) is 0. The van der Waals surface area contributed by atoms with E-state index in [4.69, 9.17) is 22.7 Å². The minimum Gasteiger partial charge on any atom is -0.495 e. The molecule has 2 aromatic carbocycles. The number of thiocarbonyl (C=S) groups is 1. The second-order valence-electron chi connectivity index (χ2n) is 4.21. The lowest BCUT2D eigenvalue weighted by Crippen LogP contribution is -2.18. The second-order valence-corrected chi connectivity index (χ2v) is 5.89. The molecule has 3 N–H and O–H groups in total. The summed E-state index contributed by atoms with van der Waals surface area (Å²) in [5.74, 6) is 0.271. The van der Waals surface area contributed by atoms with Crippen LogP contribution in [0.5, 0.6) is 5.75 Å². The van der Waals surface area contributed by atoms with Crippen LogP contribution in [0.1, 0.15) is 15.9 Å². The van der Waals surface area contributed by atoms with Crippen molar-refractivity contribution in [3.63, 3.8) is 0 Å². The first-order valence-corrected chi connectivity index (χ1v) is 7.55. The Morgan fingerprint density at radius 3 is 2.48 bits per heavy atom. The summed E-state index contributed by atoms with van der Waals surface area (Å²) in [5, 5.41) is 2.81. The largest absolute Gasteiger partial charge is 0.495 e. The van der Waals surface area contributed by atoms with E-state index in [9.17, 15) is 4.79 Å². The molecule has 0 aliphatic rings. The molecule has 0 saturated carbocycles. The van der Waals surface area contributed by atoms with Crippen LogP contribution in [0.3, 0.4) is 0 Å². The van der Waals surface area contributed by atoms with Gasteiger partial charge in [-0.3, -0.25) is 4.79 Å². The van der Waals surface area contributed by atoms with Gasteiger partial charge < -0.3 is 15.8 Å². The maximum atomic E-state index is 12.3. The molecule has 21 heavy (non-hydrogen) atoms. The third-order valence-electron chi connectivity index (χ3n) is 2.86. The number of rotatable bonds is 4. The number of amides is 1. The molecule has 0 aliphatic carbocycles. The van der Waals surface area contributed by atoms with Gasteiger partial charge >= 0.3 is 0 Å². The van der Waals surface area contributed by atoms with E-state index in [0.717, 1.165) is 3.57 Å². The van der Waals surface area contributed by atoms with Crippen molar-refractivity contribution in [2.75, 3.05) is 12.4 Å². The monoisotopic (exact) mass is 412 g/mol. The molecule has 0 aliphatic heterocycles. The Kier molecular flexibility index (Phi) is 5.13. The molecule has 0 unspecified atom stereocenters. The Morgan fingerprint density at radius 1 is 1.24 bits per heavy atom. The van der Waals surface area contributed by atoms with E-state index < -0.39 is 0 Å². The number of nitrogens with two attached hydrogens (primary N) is 1. The Balaban J connectivity index is 2.36. The molecule has 0 heterocycles. The number of carbonyl (C=O) groups is 1. The van der Waals surface area contributed by atoms with Crippen LogP contribution in [0, 0.1) is 3.57 Å². The molecular weight excluding hydrogens is 399 g/mol. The fourth-order valence-corrected chi connectivity index (χ4v) is 2.35. The molecule has 0 bridgehead atoms. The molecule has 108 valence electrons. The number of benzene rings is 2. The van der Waals surface area contributed by atoms with E-state index >= 15 is 0 Å². The zero-order valence-corrected chi connectivity index (χ0v) is 14.2. The Bertz CT molecular complexity index is 687. The topological polar surface area (TPSA) is 64.3 Å². The van der Waals surface area contributed by atoms with Crippen molar-refractivity contribution < 1.29 is 9.53 Å². The Hall–Kier alpha value is -1.67. The average molecular weight is 412 g/mol. The lowest BCUT2D eigenvalue weighted by molar-refractivity contribution is 0.102. The third-order valence-corrected chi connectivity index (χ3v) is 3.80. The molecule has 1 amide bonds. The van der Waals surface area contributed by atoms with Gasteiger partial charge in [0.25, 0.3) is 5.91 Å². The van der Waals surface area contributed by atoms with Crippen LogP contribution < -0.4 is 15.8 Å². The summed E-state index contributed by atoms with van der Waals surface area (Å²) < 4.78 is 6.32. The number of anilines is 1. The number of carbonyl (C=O) groups excluding carboxylic acids is 1. The molecule has 0 aromatic heterocycles. The highest BCUT2D eigenvalue weighted by atomic mass is 127. The predicted molar refractivity (Wildman–Crippen MR) is 96.0 cm³/mol. The molecule has 0 fully saturated rings. The molecule has 0 atom stereocenters. The zero-order valence-electron chi connectivity index (χ0n) is 11.2. The van der Waals surface area contributed by atoms with Crippen molar-refractivity contribution in [3.05, 3.63) is 57.2 Å². The Morgan fingerprint density at radius 2 is 1.90 bits per heavy atom. The van der Waals surface area contributed by atoms with Crippen molar-refractivity contribution >= 4 is 51.4 Å². The van der Waals surface area contributed by atoms with E-state index in [1.54, 1.807) is 30.3 Å². The number of halogens is 1. The summed E-state index contributed by atoms with van der Waals surface area (Å²) in [7, 11) is 1.53. The van der Waals surface area contributed by atoms with E-state index in [2.05, 4.69) is 27.9 Å². The van der Waals surface area contributed by atoms with Crippen LogP contribution in [0.15, 0.2) is 42.5 Å². The van der Waals surface area contributed by atoms with E-state index in [1.165, 1.54) is 7.11 Å². The highest BCUT2D eigenvalue weighted by Gasteiger charge is 2.15. The zero-order chi connectivity index (χ0) is 15.4. The smallest absolute Gasteiger partial charge is 0.255 e. The third kappa shape index (κ3) is 3.70. The predicted octanol–water partition coefficient (Wildman–Crippen LogP) is 3.19. The lowest BCUT2D eigenvalue weighted by atomic mass is 10.1. The van der Waals surface area contributed by atoms with E-state index in [-0.39, 0.29) is 10.9 Å².